The summed E-state index contributed by atoms with van der Waals surface area (Å²) in [4.78, 5) is 40.3. The number of carbonyl (C=O) groups excluding carboxylic acids is 2. The van der Waals surface area contributed by atoms with Gasteiger partial charge in [0.05, 0.1) is 37.1 Å². The van der Waals surface area contributed by atoms with Gasteiger partial charge in [0, 0.05) is 12.7 Å². The number of alkyl halides is 4. The van der Waals surface area contributed by atoms with Gasteiger partial charge in [-0.1, -0.05) is 41.6 Å². The summed E-state index contributed by atoms with van der Waals surface area (Å²) in [5.41, 5.74) is -1.92. The number of pyridine rings is 2. The van der Waals surface area contributed by atoms with Crippen LogP contribution in [0.4, 0.5) is 27.6 Å². The molecule has 0 radical (unpaired) electrons. The molecular weight excluding hydrogens is 565 g/mol. The minimum atomic E-state index is -4.63. The van der Waals surface area contributed by atoms with Crippen molar-refractivity contribution < 1.29 is 31.5 Å². The van der Waals surface area contributed by atoms with Gasteiger partial charge in [0.2, 0.25) is 11.7 Å². The number of aromatic nitrogens is 5. The van der Waals surface area contributed by atoms with Crippen LogP contribution in [0.25, 0.3) is 0 Å². The van der Waals surface area contributed by atoms with Crippen molar-refractivity contribution in [3.63, 3.8) is 0 Å². The summed E-state index contributed by atoms with van der Waals surface area (Å²) in [5.74, 6) is -2.44. The van der Waals surface area contributed by atoms with Gasteiger partial charge < -0.3 is 15.2 Å². The van der Waals surface area contributed by atoms with Gasteiger partial charge in [0.25, 0.3) is 11.5 Å². The highest BCUT2D eigenvalue weighted by Gasteiger charge is 2.32. The van der Waals surface area contributed by atoms with Crippen LogP contribution in [0.3, 0.4) is 0 Å². The normalized spacial score (nSPS) is 12.1. The van der Waals surface area contributed by atoms with Gasteiger partial charge in [-0.3, -0.25) is 14.4 Å². The van der Waals surface area contributed by atoms with Crippen LogP contribution in [0.2, 0.25) is 0 Å². The second kappa shape index (κ2) is 13.1. The summed E-state index contributed by atoms with van der Waals surface area (Å²) >= 11 is 0. The Labute approximate surface area is 235 Å². The second-order valence-electron chi connectivity index (χ2n) is 9.16. The Hall–Kier alpha value is -4.95. The van der Waals surface area contributed by atoms with E-state index in [1.165, 1.54) is 18.3 Å². The van der Waals surface area contributed by atoms with E-state index in [1.54, 1.807) is 30.3 Å². The van der Waals surface area contributed by atoms with Gasteiger partial charge in [-0.2, -0.15) is 17.6 Å². The number of amides is 2. The molecule has 4 aromatic rings. The number of halogens is 5. The van der Waals surface area contributed by atoms with Gasteiger partial charge in [-0.15, -0.1) is 5.10 Å². The first-order chi connectivity index (χ1) is 20.0. The fourth-order valence-electron chi connectivity index (χ4n) is 3.86. The molecule has 42 heavy (non-hydrogen) atoms. The summed E-state index contributed by atoms with van der Waals surface area (Å²) in [6.45, 7) is -0.816. The number of anilines is 1. The lowest BCUT2D eigenvalue weighted by molar-refractivity contribution is -0.141. The molecule has 1 unspecified atom stereocenters. The molecule has 10 nitrogen and oxygen atoms in total. The fraction of sp³-hybridized carbons (Fsp3) is 0.259. The third-order valence-corrected chi connectivity index (χ3v) is 5.95. The zero-order valence-corrected chi connectivity index (χ0v) is 21.8. The summed E-state index contributed by atoms with van der Waals surface area (Å²) in [6.07, 6.45) is -4.00. The first-order valence-electron chi connectivity index (χ1n) is 12.6. The van der Waals surface area contributed by atoms with Crippen LogP contribution in [-0.4, -0.2) is 42.5 Å². The average molecular weight is 590 g/mol. The van der Waals surface area contributed by atoms with Crippen molar-refractivity contribution in [1.29, 1.82) is 0 Å². The van der Waals surface area contributed by atoms with E-state index in [0.29, 0.717) is 5.56 Å². The van der Waals surface area contributed by atoms with Crippen molar-refractivity contribution >= 4 is 17.5 Å². The van der Waals surface area contributed by atoms with E-state index in [1.807, 2.05) is 0 Å². The van der Waals surface area contributed by atoms with E-state index < -0.39 is 41.2 Å². The predicted molar refractivity (Wildman–Crippen MR) is 139 cm³/mol. The molecule has 1 atom stereocenters. The second-order valence-corrected chi connectivity index (χ2v) is 9.16. The highest BCUT2D eigenvalue weighted by atomic mass is 19.4. The molecule has 3 aromatic heterocycles. The maximum atomic E-state index is 14.6. The number of benzene rings is 1. The largest absolute Gasteiger partial charge is 0.433 e. The van der Waals surface area contributed by atoms with Crippen LogP contribution in [0.15, 0.2) is 71.8 Å². The fourth-order valence-corrected chi connectivity index (χ4v) is 3.86. The van der Waals surface area contributed by atoms with Crippen LogP contribution in [0.1, 0.15) is 33.9 Å². The third-order valence-electron chi connectivity index (χ3n) is 5.95. The Morgan fingerprint density at radius 1 is 1.02 bits per heavy atom. The molecule has 220 valence electrons. The van der Waals surface area contributed by atoms with Crippen molar-refractivity contribution in [3.8, 4) is 0 Å². The Balaban J connectivity index is 1.26. The zero-order valence-electron chi connectivity index (χ0n) is 21.8. The lowest BCUT2D eigenvalue weighted by atomic mass is 10.1. The third kappa shape index (κ3) is 8.05. The van der Waals surface area contributed by atoms with Crippen molar-refractivity contribution in [2.45, 2.75) is 44.8 Å². The highest BCUT2D eigenvalue weighted by Crippen LogP contribution is 2.27. The number of hydrogen-bond donors (Lipinski definition) is 2. The lowest BCUT2D eigenvalue weighted by Crippen LogP contribution is -2.27. The minimum absolute atomic E-state index is 0.00834. The number of rotatable bonds is 11. The molecule has 2 amide bonds. The van der Waals surface area contributed by atoms with E-state index in [4.69, 9.17) is 0 Å². The zero-order chi connectivity index (χ0) is 30.3. The summed E-state index contributed by atoms with van der Waals surface area (Å²) < 4.78 is 69.6. The topological polar surface area (TPSA) is 124 Å². The van der Waals surface area contributed by atoms with Gasteiger partial charge in [-0.05, 0) is 30.2 Å². The molecule has 0 aliphatic rings. The number of carbonyl (C=O) groups is 2. The van der Waals surface area contributed by atoms with Gasteiger partial charge in [-0.25, -0.2) is 14.1 Å². The molecule has 1 aromatic carbocycles. The molecule has 0 aliphatic heterocycles. The van der Waals surface area contributed by atoms with Crippen molar-refractivity contribution in [2.24, 2.45) is 0 Å². The van der Waals surface area contributed by atoms with E-state index >= 15 is 0 Å². The Kier molecular flexibility index (Phi) is 9.39. The number of nitrogens with zero attached hydrogens (tertiary/aromatic N) is 5. The van der Waals surface area contributed by atoms with Gasteiger partial charge in [0.15, 0.2) is 5.69 Å². The highest BCUT2D eigenvalue weighted by molar-refractivity contribution is 5.92. The molecule has 2 N–H and O–H groups in total. The SMILES string of the molecule is O=C(Cc1ccccc1)Nc1ccn(CCC(F)Cn2cc(C(=O)NCc3cccc(C(F)(F)F)n3)nn2)c(=O)c1F. The quantitative estimate of drug-likeness (QED) is 0.258. The van der Waals surface area contributed by atoms with Crippen LogP contribution in [0.5, 0.6) is 0 Å². The van der Waals surface area contributed by atoms with Gasteiger partial charge >= 0.3 is 6.18 Å². The number of hydrogen-bond acceptors (Lipinski definition) is 6. The van der Waals surface area contributed by atoms with Crippen LogP contribution < -0.4 is 16.2 Å². The van der Waals surface area contributed by atoms with Crippen LogP contribution in [-0.2, 0) is 37.0 Å². The molecule has 0 saturated carbocycles. The van der Waals surface area contributed by atoms with E-state index in [2.05, 4.69) is 25.9 Å². The predicted octanol–water partition coefficient (Wildman–Crippen LogP) is 3.53. The van der Waals surface area contributed by atoms with E-state index in [0.717, 1.165) is 27.6 Å². The molecule has 0 aliphatic carbocycles. The van der Waals surface area contributed by atoms with E-state index in [-0.39, 0.29) is 49.6 Å². The molecule has 0 saturated heterocycles. The minimum Gasteiger partial charge on any atom is -0.345 e. The average Bonchev–Trinajstić information content (AvgIpc) is 3.42. The first-order valence-corrected chi connectivity index (χ1v) is 12.6. The lowest BCUT2D eigenvalue weighted by Gasteiger charge is -2.12. The molecule has 15 heteroatoms. The molecule has 0 spiro atoms. The Morgan fingerprint density at radius 3 is 2.52 bits per heavy atom. The van der Waals surface area contributed by atoms with E-state index in [9.17, 15) is 36.3 Å². The standard InChI is InChI=1S/C27H24F5N7O3/c28-18(9-11-38-12-10-20(24(29)26(38)42)35-23(40)13-17-5-2-1-3-6-17)15-39-16-21(36-37-39)25(41)33-14-19-7-4-8-22(34-19)27(30,31)32/h1-8,10,12,16,18H,9,11,13-15H2,(H,33,41)(H,35,40). The smallest absolute Gasteiger partial charge is 0.345 e. The summed E-state index contributed by atoms with van der Waals surface area (Å²) in [5, 5.41) is 12.0. The molecular formula is C27H24F5N7O3. The maximum Gasteiger partial charge on any atom is 0.433 e. The maximum absolute atomic E-state index is 14.6. The first kappa shape index (κ1) is 30.0. The monoisotopic (exact) mass is 589 g/mol. The van der Waals surface area contributed by atoms with Gasteiger partial charge in [0.1, 0.15) is 11.9 Å². The molecule has 4 rings (SSSR count). The summed E-state index contributed by atoms with van der Waals surface area (Å²) in [6, 6.07) is 13.3. The van der Waals surface area contributed by atoms with Crippen molar-refractivity contribution in [2.75, 3.05) is 5.32 Å². The van der Waals surface area contributed by atoms with Crippen LogP contribution >= 0.6 is 0 Å². The molecule has 3 heterocycles. The molecule has 0 bridgehead atoms. The molecule has 0 fully saturated rings. The van der Waals surface area contributed by atoms with Crippen molar-refractivity contribution in [3.05, 3.63) is 106 Å². The van der Waals surface area contributed by atoms with Crippen LogP contribution in [0, 0.1) is 5.82 Å². The summed E-state index contributed by atoms with van der Waals surface area (Å²) in [7, 11) is 0. The Morgan fingerprint density at radius 2 is 1.79 bits per heavy atom. The number of aryl methyl sites for hydroxylation is 1. The Bertz CT molecular complexity index is 1610. The van der Waals surface area contributed by atoms with Crippen molar-refractivity contribution in [1.82, 2.24) is 29.9 Å². The number of nitrogens with one attached hydrogen (secondary N) is 2.